The summed E-state index contributed by atoms with van der Waals surface area (Å²) in [7, 11) is 1.66. The molecule has 0 bridgehead atoms. The van der Waals surface area contributed by atoms with Crippen molar-refractivity contribution >= 4 is 29.1 Å². The van der Waals surface area contributed by atoms with Crippen molar-refractivity contribution in [1.82, 2.24) is 10.6 Å². The Kier molecular flexibility index (Phi) is 6.97. The molecular formula is C24H26N4O3. The Morgan fingerprint density at radius 3 is 2.55 bits per heavy atom. The summed E-state index contributed by atoms with van der Waals surface area (Å²) in [5, 5.41) is 5.32. The van der Waals surface area contributed by atoms with E-state index in [2.05, 4.69) is 22.2 Å². The minimum absolute atomic E-state index is 0.248. The molecule has 1 aliphatic heterocycles. The molecule has 160 valence electrons. The Morgan fingerprint density at radius 2 is 1.84 bits per heavy atom. The lowest BCUT2D eigenvalue weighted by Crippen LogP contribution is -2.52. The van der Waals surface area contributed by atoms with Crippen molar-refractivity contribution < 1.29 is 14.4 Å². The number of para-hydroxylation sites is 1. The Labute approximate surface area is 181 Å². The van der Waals surface area contributed by atoms with Crippen molar-refractivity contribution in [2.24, 2.45) is 4.99 Å². The molecule has 31 heavy (non-hydrogen) atoms. The zero-order valence-corrected chi connectivity index (χ0v) is 17.7. The van der Waals surface area contributed by atoms with E-state index in [1.54, 1.807) is 20.0 Å². The molecule has 0 saturated heterocycles. The monoisotopic (exact) mass is 418 g/mol. The van der Waals surface area contributed by atoms with Gasteiger partial charge in [-0.15, -0.1) is 6.58 Å². The lowest BCUT2D eigenvalue weighted by atomic mass is 10.0. The molecule has 3 amide bonds. The van der Waals surface area contributed by atoms with Gasteiger partial charge < -0.3 is 15.5 Å². The van der Waals surface area contributed by atoms with E-state index in [1.165, 1.54) is 4.90 Å². The van der Waals surface area contributed by atoms with E-state index in [0.717, 1.165) is 11.1 Å². The van der Waals surface area contributed by atoms with E-state index >= 15 is 0 Å². The number of benzene rings is 2. The van der Waals surface area contributed by atoms with E-state index in [1.807, 2.05) is 54.6 Å². The quantitative estimate of drug-likeness (QED) is 0.677. The largest absolute Gasteiger partial charge is 0.345 e. The van der Waals surface area contributed by atoms with Gasteiger partial charge in [0.15, 0.2) is 0 Å². The summed E-state index contributed by atoms with van der Waals surface area (Å²) in [4.78, 5) is 43.9. The minimum atomic E-state index is -1.12. The fraction of sp³-hybridized carbons (Fsp3) is 0.250. The topological polar surface area (TPSA) is 90.9 Å². The second kappa shape index (κ2) is 9.84. The highest BCUT2D eigenvalue weighted by Crippen LogP contribution is 2.27. The van der Waals surface area contributed by atoms with Crippen molar-refractivity contribution in [1.29, 1.82) is 0 Å². The van der Waals surface area contributed by atoms with Crippen molar-refractivity contribution in [3.8, 4) is 0 Å². The number of fused-ring (bicyclic) bond motifs is 1. The second-order valence-corrected chi connectivity index (χ2v) is 7.29. The molecule has 1 aliphatic rings. The smallest absolute Gasteiger partial charge is 0.272 e. The molecule has 3 rings (SSSR count). The van der Waals surface area contributed by atoms with Crippen LogP contribution >= 0.6 is 0 Å². The summed E-state index contributed by atoms with van der Waals surface area (Å²) >= 11 is 0. The molecular weight excluding hydrogens is 392 g/mol. The molecule has 0 spiro atoms. The number of likely N-dealkylation sites (N-methyl/N-ethyl adjacent to an activating group) is 1. The highest BCUT2D eigenvalue weighted by atomic mass is 16.2. The van der Waals surface area contributed by atoms with Gasteiger partial charge in [0, 0.05) is 24.6 Å². The van der Waals surface area contributed by atoms with Gasteiger partial charge >= 0.3 is 0 Å². The zero-order chi connectivity index (χ0) is 22.4. The van der Waals surface area contributed by atoms with Crippen LogP contribution in [0.3, 0.4) is 0 Å². The number of carbonyl (C=O) groups is 3. The maximum atomic E-state index is 13.1. The summed E-state index contributed by atoms with van der Waals surface area (Å²) in [6.07, 6.45) is 1.29. The number of amides is 3. The van der Waals surface area contributed by atoms with Gasteiger partial charge in [-0.2, -0.15) is 0 Å². The average Bonchev–Trinajstić information content (AvgIpc) is 2.89. The van der Waals surface area contributed by atoms with E-state index < -0.39 is 18.1 Å². The summed E-state index contributed by atoms with van der Waals surface area (Å²) in [6, 6.07) is 16.2. The van der Waals surface area contributed by atoms with Crippen molar-refractivity contribution in [3.05, 3.63) is 78.4 Å². The van der Waals surface area contributed by atoms with Gasteiger partial charge in [0.05, 0.1) is 11.4 Å². The van der Waals surface area contributed by atoms with Gasteiger partial charge in [-0.25, -0.2) is 4.99 Å². The molecule has 0 aromatic heterocycles. The number of allylic oxidation sites excluding steroid dienone is 1. The van der Waals surface area contributed by atoms with Gasteiger partial charge in [0.2, 0.25) is 18.0 Å². The normalized spacial score (nSPS) is 16.5. The molecule has 0 radical (unpaired) electrons. The molecule has 0 saturated carbocycles. The first-order valence-electron chi connectivity index (χ1n) is 10.1. The summed E-state index contributed by atoms with van der Waals surface area (Å²) in [5.74, 6) is -1.11. The van der Waals surface area contributed by atoms with E-state index in [0.29, 0.717) is 17.8 Å². The van der Waals surface area contributed by atoms with Crippen LogP contribution in [0.2, 0.25) is 0 Å². The first kappa shape index (κ1) is 22.0. The summed E-state index contributed by atoms with van der Waals surface area (Å²) in [5.41, 5.74) is 2.95. The standard InChI is InChI=1S/C24H26N4O3/c1-4-5-15-20(29)25-16(2)23(30)27-22-24(31)28(3)19-14-10-9-13-18(19)21(26-22)17-11-7-6-8-12-17/h4,6-14,16,22H,1,5,15H2,2-3H3,(H,25,29)(H,27,30)/t16?,22-/m1/s1. The Bertz CT molecular complexity index is 1020. The predicted octanol–water partition coefficient (Wildman–Crippen LogP) is 2.41. The van der Waals surface area contributed by atoms with Crippen LogP contribution in [0.4, 0.5) is 5.69 Å². The molecule has 2 aromatic rings. The Hall–Kier alpha value is -3.74. The van der Waals surface area contributed by atoms with Crippen LogP contribution in [-0.2, 0) is 14.4 Å². The lowest BCUT2D eigenvalue weighted by molar-refractivity contribution is -0.130. The maximum absolute atomic E-state index is 13.1. The Balaban J connectivity index is 1.89. The molecule has 7 nitrogen and oxygen atoms in total. The summed E-state index contributed by atoms with van der Waals surface area (Å²) in [6.45, 7) is 5.15. The van der Waals surface area contributed by atoms with E-state index in [-0.39, 0.29) is 18.2 Å². The third kappa shape index (κ3) is 5.06. The fourth-order valence-corrected chi connectivity index (χ4v) is 3.31. The van der Waals surface area contributed by atoms with Gasteiger partial charge in [-0.1, -0.05) is 54.6 Å². The highest BCUT2D eigenvalue weighted by Gasteiger charge is 2.32. The number of aliphatic imine (C=N–C) groups is 1. The van der Waals surface area contributed by atoms with Crippen molar-refractivity contribution in [3.63, 3.8) is 0 Å². The first-order chi connectivity index (χ1) is 14.9. The van der Waals surface area contributed by atoms with Crippen LogP contribution in [0.1, 0.15) is 30.9 Å². The highest BCUT2D eigenvalue weighted by molar-refractivity contribution is 6.20. The molecule has 0 fully saturated rings. The number of hydrogen-bond donors (Lipinski definition) is 2. The minimum Gasteiger partial charge on any atom is -0.345 e. The molecule has 0 aliphatic carbocycles. The van der Waals surface area contributed by atoms with Crippen LogP contribution in [0.5, 0.6) is 0 Å². The van der Waals surface area contributed by atoms with Crippen LogP contribution in [0.25, 0.3) is 0 Å². The van der Waals surface area contributed by atoms with E-state index in [9.17, 15) is 14.4 Å². The molecule has 7 heteroatoms. The molecule has 1 heterocycles. The first-order valence-corrected chi connectivity index (χ1v) is 10.1. The molecule has 1 unspecified atom stereocenters. The lowest BCUT2D eigenvalue weighted by Gasteiger charge is -2.22. The number of anilines is 1. The maximum Gasteiger partial charge on any atom is 0.272 e. The fourth-order valence-electron chi connectivity index (χ4n) is 3.31. The number of carbonyl (C=O) groups excluding carboxylic acids is 3. The van der Waals surface area contributed by atoms with Crippen LogP contribution in [0.15, 0.2) is 72.2 Å². The van der Waals surface area contributed by atoms with Crippen LogP contribution < -0.4 is 15.5 Å². The second-order valence-electron chi connectivity index (χ2n) is 7.29. The number of hydrogen-bond acceptors (Lipinski definition) is 4. The molecule has 2 N–H and O–H groups in total. The number of rotatable bonds is 7. The third-order valence-electron chi connectivity index (χ3n) is 5.02. The van der Waals surface area contributed by atoms with Gasteiger partial charge in [-0.3, -0.25) is 14.4 Å². The number of benzodiazepines with no additional fused rings is 1. The molecule has 2 aromatic carbocycles. The van der Waals surface area contributed by atoms with Crippen LogP contribution in [0, 0.1) is 0 Å². The number of nitrogens with zero attached hydrogens (tertiary/aromatic N) is 2. The average molecular weight is 418 g/mol. The number of nitrogens with one attached hydrogen (secondary N) is 2. The van der Waals surface area contributed by atoms with Crippen molar-refractivity contribution in [2.75, 3.05) is 11.9 Å². The van der Waals surface area contributed by atoms with Crippen LogP contribution in [-0.4, -0.2) is 42.7 Å². The predicted molar refractivity (Wildman–Crippen MR) is 121 cm³/mol. The van der Waals surface area contributed by atoms with Gasteiger partial charge in [0.25, 0.3) is 5.91 Å². The van der Waals surface area contributed by atoms with E-state index in [4.69, 9.17) is 0 Å². The molecule has 2 atom stereocenters. The SMILES string of the molecule is C=CCCC(=O)NC(C)C(=O)N[C@H]1N=C(c2ccccc2)c2ccccc2N(C)C1=O. The van der Waals surface area contributed by atoms with Gasteiger partial charge in [0.1, 0.15) is 6.04 Å². The van der Waals surface area contributed by atoms with Gasteiger partial charge in [-0.05, 0) is 19.4 Å². The zero-order valence-electron chi connectivity index (χ0n) is 17.7. The third-order valence-corrected chi connectivity index (χ3v) is 5.02. The summed E-state index contributed by atoms with van der Waals surface area (Å²) < 4.78 is 0. The van der Waals surface area contributed by atoms with Crippen molar-refractivity contribution in [2.45, 2.75) is 32.0 Å². The Morgan fingerprint density at radius 1 is 1.16 bits per heavy atom.